The molecule has 16 heavy (non-hydrogen) atoms. The van der Waals surface area contributed by atoms with E-state index in [1.54, 1.807) is 11.8 Å². The molecule has 4 nitrogen and oxygen atoms in total. The van der Waals surface area contributed by atoms with Crippen LogP contribution in [0.2, 0.25) is 0 Å². The maximum Gasteiger partial charge on any atom is 0.268 e. The topological polar surface area (TPSA) is 66.0 Å². The minimum atomic E-state index is -0.0576. The highest BCUT2D eigenvalue weighted by Crippen LogP contribution is 2.15. The number of aliphatic hydroxyl groups excluding tert-OH is 1. The molecule has 0 aliphatic heterocycles. The highest BCUT2D eigenvalue weighted by molar-refractivity contribution is 7.98. The predicted molar refractivity (Wildman–Crippen MR) is 68.1 cm³/mol. The Morgan fingerprint density at radius 3 is 3.25 bits per heavy atom. The van der Waals surface area contributed by atoms with Crippen LogP contribution in [0.25, 0.3) is 10.2 Å². The zero-order chi connectivity index (χ0) is 11.4. The van der Waals surface area contributed by atoms with Crippen molar-refractivity contribution in [1.29, 1.82) is 0 Å². The molecule has 6 heteroatoms. The molecule has 2 heterocycles. The van der Waals surface area contributed by atoms with Crippen LogP contribution in [-0.4, -0.2) is 27.4 Å². The molecule has 0 spiro atoms. The average molecular weight is 256 g/mol. The van der Waals surface area contributed by atoms with E-state index in [-0.39, 0.29) is 12.2 Å². The molecule has 0 unspecified atom stereocenters. The summed E-state index contributed by atoms with van der Waals surface area (Å²) in [5.74, 6) is 2.27. The molecular weight excluding hydrogens is 244 g/mol. The first-order valence-corrected chi connectivity index (χ1v) is 6.99. The Hall–Kier alpha value is -0.850. The summed E-state index contributed by atoms with van der Waals surface area (Å²) in [7, 11) is 0. The molecule has 0 atom stereocenters. The van der Waals surface area contributed by atoms with Crippen LogP contribution in [-0.2, 0) is 5.75 Å². The Morgan fingerprint density at radius 1 is 1.56 bits per heavy atom. The Bertz CT molecular complexity index is 521. The van der Waals surface area contributed by atoms with Crippen LogP contribution < -0.4 is 5.56 Å². The third-order valence-corrected chi connectivity index (χ3v) is 4.01. The summed E-state index contributed by atoms with van der Waals surface area (Å²) in [4.78, 5) is 18.8. The smallest absolute Gasteiger partial charge is 0.268 e. The van der Waals surface area contributed by atoms with E-state index in [1.165, 1.54) is 11.3 Å². The largest absolute Gasteiger partial charge is 0.396 e. The average Bonchev–Trinajstić information content (AvgIpc) is 2.73. The van der Waals surface area contributed by atoms with Gasteiger partial charge in [-0.2, -0.15) is 11.8 Å². The molecular formula is C10H12N2O2S2. The Morgan fingerprint density at radius 2 is 2.44 bits per heavy atom. The summed E-state index contributed by atoms with van der Waals surface area (Å²) in [6.45, 7) is 0.209. The van der Waals surface area contributed by atoms with Crippen molar-refractivity contribution in [3.05, 3.63) is 27.6 Å². The van der Waals surface area contributed by atoms with E-state index < -0.39 is 0 Å². The summed E-state index contributed by atoms with van der Waals surface area (Å²) in [5.41, 5.74) is 0.712. The zero-order valence-corrected chi connectivity index (χ0v) is 10.2. The molecule has 2 aromatic rings. The van der Waals surface area contributed by atoms with Crippen LogP contribution in [0.4, 0.5) is 0 Å². The van der Waals surface area contributed by atoms with Crippen molar-refractivity contribution in [1.82, 2.24) is 9.97 Å². The third kappa shape index (κ3) is 2.63. The van der Waals surface area contributed by atoms with Crippen molar-refractivity contribution in [2.45, 2.75) is 12.2 Å². The number of hydrogen-bond donors (Lipinski definition) is 2. The molecule has 0 aromatic carbocycles. The number of aromatic nitrogens is 2. The normalized spacial score (nSPS) is 11.1. The van der Waals surface area contributed by atoms with Crippen molar-refractivity contribution < 1.29 is 5.11 Å². The first-order valence-electron chi connectivity index (χ1n) is 4.96. The van der Waals surface area contributed by atoms with E-state index in [1.807, 2.05) is 11.4 Å². The standard InChI is InChI=1S/C10H12N2O2S2/c13-3-1-4-15-6-8-11-7-2-5-16-9(7)10(14)12-8/h2,5,13H,1,3-4,6H2,(H,11,12,14). The van der Waals surface area contributed by atoms with Crippen LogP contribution in [0.5, 0.6) is 0 Å². The monoisotopic (exact) mass is 256 g/mol. The second-order valence-electron chi connectivity index (χ2n) is 3.28. The fourth-order valence-corrected chi connectivity index (χ4v) is 2.86. The molecule has 2 rings (SSSR count). The quantitative estimate of drug-likeness (QED) is 0.797. The number of nitrogens with zero attached hydrogens (tertiary/aromatic N) is 1. The number of thioether (sulfide) groups is 1. The highest BCUT2D eigenvalue weighted by atomic mass is 32.2. The summed E-state index contributed by atoms with van der Waals surface area (Å²) in [6, 6.07) is 1.86. The summed E-state index contributed by atoms with van der Waals surface area (Å²) in [5, 5.41) is 10.5. The number of nitrogens with one attached hydrogen (secondary N) is 1. The van der Waals surface area contributed by atoms with Gasteiger partial charge in [0.2, 0.25) is 0 Å². The summed E-state index contributed by atoms with van der Waals surface area (Å²) < 4.78 is 0.684. The fourth-order valence-electron chi connectivity index (χ4n) is 1.33. The summed E-state index contributed by atoms with van der Waals surface area (Å²) in [6.07, 6.45) is 0.773. The van der Waals surface area contributed by atoms with E-state index >= 15 is 0 Å². The lowest BCUT2D eigenvalue weighted by molar-refractivity contribution is 0.296. The molecule has 0 amide bonds. The predicted octanol–water partition coefficient (Wildman–Crippen LogP) is 1.60. The van der Waals surface area contributed by atoms with E-state index in [2.05, 4.69) is 9.97 Å². The lowest BCUT2D eigenvalue weighted by Gasteiger charge is -2.00. The van der Waals surface area contributed by atoms with Gasteiger partial charge in [0.1, 0.15) is 10.5 Å². The lowest BCUT2D eigenvalue weighted by Crippen LogP contribution is -2.09. The van der Waals surface area contributed by atoms with Crippen LogP contribution in [0, 0.1) is 0 Å². The zero-order valence-electron chi connectivity index (χ0n) is 8.60. The van der Waals surface area contributed by atoms with Crippen molar-refractivity contribution in [2.24, 2.45) is 0 Å². The molecule has 0 saturated heterocycles. The molecule has 0 fully saturated rings. The van der Waals surface area contributed by atoms with E-state index in [0.29, 0.717) is 16.3 Å². The van der Waals surface area contributed by atoms with Gasteiger partial charge in [-0.25, -0.2) is 4.98 Å². The molecule has 0 radical (unpaired) electrons. The Balaban J connectivity index is 2.10. The molecule has 2 aromatic heterocycles. The maximum atomic E-state index is 11.6. The number of hydrogen-bond acceptors (Lipinski definition) is 5. The first-order chi connectivity index (χ1) is 7.81. The lowest BCUT2D eigenvalue weighted by atomic mass is 10.4. The number of fused-ring (bicyclic) bond motifs is 1. The number of aliphatic hydroxyl groups is 1. The molecule has 0 saturated carbocycles. The van der Waals surface area contributed by atoms with Gasteiger partial charge in [-0.05, 0) is 23.6 Å². The minimum absolute atomic E-state index is 0.0576. The van der Waals surface area contributed by atoms with Gasteiger partial charge in [-0.15, -0.1) is 11.3 Å². The Kier molecular flexibility index (Phi) is 3.98. The van der Waals surface area contributed by atoms with Crippen LogP contribution in [0.15, 0.2) is 16.2 Å². The van der Waals surface area contributed by atoms with Gasteiger partial charge in [0.15, 0.2) is 0 Å². The molecule has 2 N–H and O–H groups in total. The summed E-state index contributed by atoms with van der Waals surface area (Å²) >= 11 is 3.07. The third-order valence-electron chi connectivity index (χ3n) is 2.05. The van der Waals surface area contributed by atoms with Crippen LogP contribution in [0.3, 0.4) is 0 Å². The van der Waals surface area contributed by atoms with Gasteiger partial charge >= 0.3 is 0 Å². The minimum Gasteiger partial charge on any atom is -0.396 e. The van der Waals surface area contributed by atoms with Crippen LogP contribution in [0.1, 0.15) is 12.2 Å². The molecule has 0 bridgehead atoms. The SMILES string of the molecule is O=c1[nH]c(CSCCCO)nc2ccsc12. The molecule has 0 aliphatic carbocycles. The van der Waals surface area contributed by atoms with E-state index in [9.17, 15) is 4.79 Å². The number of thiophene rings is 1. The van der Waals surface area contributed by atoms with Crippen molar-refractivity contribution >= 4 is 33.3 Å². The molecule has 86 valence electrons. The van der Waals surface area contributed by atoms with Gasteiger partial charge in [-0.3, -0.25) is 4.79 Å². The van der Waals surface area contributed by atoms with Gasteiger partial charge in [0, 0.05) is 6.61 Å². The van der Waals surface area contributed by atoms with Gasteiger partial charge < -0.3 is 10.1 Å². The number of H-pyrrole nitrogens is 1. The number of aromatic amines is 1. The second-order valence-corrected chi connectivity index (χ2v) is 5.30. The second kappa shape index (κ2) is 5.47. The van der Waals surface area contributed by atoms with Crippen LogP contribution >= 0.6 is 23.1 Å². The number of rotatable bonds is 5. The maximum absolute atomic E-state index is 11.6. The van der Waals surface area contributed by atoms with Crippen molar-refractivity contribution in [2.75, 3.05) is 12.4 Å². The van der Waals surface area contributed by atoms with Gasteiger partial charge in [0.25, 0.3) is 5.56 Å². The van der Waals surface area contributed by atoms with Crippen molar-refractivity contribution in [3.63, 3.8) is 0 Å². The van der Waals surface area contributed by atoms with E-state index in [4.69, 9.17) is 5.11 Å². The van der Waals surface area contributed by atoms with E-state index in [0.717, 1.165) is 17.7 Å². The highest BCUT2D eigenvalue weighted by Gasteiger charge is 2.04. The van der Waals surface area contributed by atoms with Gasteiger partial charge in [0.05, 0.1) is 11.3 Å². The fraction of sp³-hybridized carbons (Fsp3) is 0.400. The first kappa shape index (κ1) is 11.6. The van der Waals surface area contributed by atoms with Gasteiger partial charge in [-0.1, -0.05) is 0 Å². The van der Waals surface area contributed by atoms with Crippen molar-refractivity contribution in [3.8, 4) is 0 Å². The Labute approximate surface area is 101 Å². The molecule has 0 aliphatic rings.